The van der Waals surface area contributed by atoms with Gasteiger partial charge in [0, 0.05) is 11.1 Å². The maximum atomic E-state index is 13.3. The molecule has 1 unspecified atom stereocenters. The Hall–Kier alpha value is -3.13. The van der Waals surface area contributed by atoms with Crippen LogP contribution in [-0.4, -0.2) is 27.5 Å². The van der Waals surface area contributed by atoms with Crippen LogP contribution >= 0.6 is 0 Å². The third-order valence-electron chi connectivity index (χ3n) is 7.23. The Labute approximate surface area is 212 Å². The first-order valence-corrected chi connectivity index (χ1v) is 13.7. The summed E-state index contributed by atoms with van der Waals surface area (Å²) >= 11 is 0. The van der Waals surface area contributed by atoms with E-state index < -0.39 is 16.1 Å². The fraction of sp³-hybridized carbons (Fsp3) is 0.429. The number of carbonyl (C=O) groups is 2. The number of rotatable bonds is 8. The van der Waals surface area contributed by atoms with Crippen molar-refractivity contribution in [2.45, 2.75) is 70.8 Å². The number of benzene rings is 2. The van der Waals surface area contributed by atoms with E-state index >= 15 is 0 Å². The molecule has 0 bridgehead atoms. The molecule has 8 heteroatoms. The lowest BCUT2D eigenvalue weighted by Crippen LogP contribution is -2.16. The van der Waals surface area contributed by atoms with Crippen molar-refractivity contribution in [2.24, 2.45) is 5.92 Å². The predicted molar refractivity (Wildman–Crippen MR) is 134 cm³/mol. The summed E-state index contributed by atoms with van der Waals surface area (Å²) in [6.45, 7) is 5.90. The molecule has 0 aromatic heterocycles. The zero-order chi connectivity index (χ0) is 26.0. The van der Waals surface area contributed by atoms with Crippen LogP contribution in [0.3, 0.4) is 0 Å². The molecule has 1 saturated carbocycles. The standard InChI is InChI=1S/C28H32O7S/c1-5-22-18(3)24-16-34-28(30)26(24)27(35-36(31,32)21-12-9-17(2)10-13-21)23(22)14-11-19-7-6-8-20(19)15-25(29)33-4/h9-13,20H,5-8,14-16H2,1-4H3/b19-11+. The SMILES string of the molecule is CCc1c(C)c2c(c(OS(=O)(=O)c3ccc(C)cc3)c1C/C=C1\CCCC1CC(=O)OC)C(=O)OC2. The highest BCUT2D eigenvalue weighted by atomic mass is 32.2. The number of fused-ring (bicyclic) bond motifs is 1. The van der Waals surface area contributed by atoms with Crippen LogP contribution in [0.5, 0.6) is 5.75 Å². The highest BCUT2D eigenvalue weighted by Crippen LogP contribution is 2.41. The molecule has 0 radical (unpaired) electrons. The van der Waals surface area contributed by atoms with Crippen molar-refractivity contribution in [1.82, 2.24) is 0 Å². The monoisotopic (exact) mass is 512 g/mol. The van der Waals surface area contributed by atoms with Crippen molar-refractivity contribution < 1.29 is 31.7 Å². The second kappa shape index (κ2) is 10.5. The van der Waals surface area contributed by atoms with Gasteiger partial charge in [0.05, 0.1) is 13.5 Å². The van der Waals surface area contributed by atoms with Crippen LogP contribution in [0.15, 0.2) is 40.8 Å². The minimum atomic E-state index is -4.19. The summed E-state index contributed by atoms with van der Waals surface area (Å²) in [6, 6.07) is 6.40. The van der Waals surface area contributed by atoms with E-state index in [1.807, 2.05) is 20.8 Å². The largest absolute Gasteiger partial charge is 0.469 e. The maximum Gasteiger partial charge on any atom is 0.342 e. The summed E-state index contributed by atoms with van der Waals surface area (Å²) in [4.78, 5) is 24.7. The van der Waals surface area contributed by atoms with Crippen LogP contribution in [0.2, 0.25) is 0 Å². The molecule has 1 aliphatic heterocycles. The topological polar surface area (TPSA) is 96.0 Å². The number of hydrogen-bond acceptors (Lipinski definition) is 7. The summed E-state index contributed by atoms with van der Waals surface area (Å²) < 4.78 is 42.5. The van der Waals surface area contributed by atoms with E-state index in [0.29, 0.717) is 30.4 Å². The summed E-state index contributed by atoms with van der Waals surface area (Å²) in [5.41, 5.74) is 5.46. The number of ether oxygens (including phenoxy) is 2. The van der Waals surface area contributed by atoms with E-state index in [1.165, 1.54) is 19.2 Å². The van der Waals surface area contributed by atoms with Gasteiger partial charge in [-0.15, -0.1) is 0 Å². The van der Waals surface area contributed by atoms with E-state index in [9.17, 15) is 18.0 Å². The van der Waals surface area contributed by atoms with Crippen LogP contribution in [-0.2, 0) is 43.8 Å². The number of allylic oxidation sites excluding steroid dienone is 2. The summed E-state index contributed by atoms with van der Waals surface area (Å²) in [5.74, 6) is -0.673. The Bertz CT molecular complexity index is 1320. The number of aryl methyl sites for hydroxylation is 1. The van der Waals surface area contributed by atoms with E-state index in [1.54, 1.807) is 12.1 Å². The molecule has 36 heavy (non-hydrogen) atoms. The average molecular weight is 513 g/mol. The fourth-order valence-corrected chi connectivity index (χ4v) is 6.21. The molecular formula is C28H32O7S. The third kappa shape index (κ3) is 5.05. The minimum absolute atomic E-state index is 0.0186. The van der Waals surface area contributed by atoms with E-state index in [-0.39, 0.29) is 34.7 Å². The quantitative estimate of drug-likeness (QED) is 0.275. The molecule has 1 aliphatic carbocycles. The summed E-state index contributed by atoms with van der Waals surface area (Å²) in [7, 11) is -2.80. The summed E-state index contributed by atoms with van der Waals surface area (Å²) in [6.07, 6.45) is 6.16. The van der Waals surface area contributed by atoms with Gasteiger partial charge in [0.1, 0.15) is 17.1 Å². The molecule has 1 atom stereocenters. The van der Waals surface area contributed by atoms with Crippen molar-refractivity contribution in [3.05, 3.63) is 69.3 Å². The van der Waals surface area contributed by atoms with Crippen molar-refractivity contribution in [3.63, 3.8) is 0 Å². The molecular weight excluding hydrogens is 480 g/mol. The predicted octanol–water partition coefficient (Wildman–Crippen LogP) is 5.14. The zero-order valence-corrected chi connectivity index (χ0v) is 22.0. The van der Waals surface area contributed by atoms with Crippen LogP contribution < -0.4 is 4.18 Å². The Balaban J connectivity index is 1.80. The van der Waals surface area contributed by atoms with E-state index in [2.05, 4.69) is 6.08 Å². The number of hydrogen-bond donors (Lipinski definition) is 0. The molecule has 192 valence electrons. The average Bonchev–Trinajstić information content (AvgIpc) is 3.46. The Kier molecular flexibility index (Phi) is 7.54. The number of carbonyl (C=O) groups excluding carboxylic acids is 2. The van der Waals surface area contributed by atoms with Crippen molar-refractivity contribution in [1.29, 1.82) is 0 Å². The van der Waals surface area contributed by atoms with Gasteiger partial charge in [0.15, 0.2) is 5.75 Å². The van der Waals surface area contributed by atoms with Gasteiger partial charge in [-0.25, -0.2) is 4.79 Å². The molecule has 4 rings (SSSR count). The molecule has 0 amide bonds. The number of cyclic esters (lactones) is 1. The normalized spacial score (nSPS) is 18.3. The molecule has 2 aromatic rings. The number of esters is 2. The van der Waals surface area contributed by atoms with Gasteiger partial charge >= 0.3 is 22.1 Å². The number of methoxy groups -OCH3 is 1. The fourth-order valence-electron chi connectivity index (χ4n) is 5.24. The molecule has 2 aliphatic rings. The molecule has 0 N–H and O–H groups in total. The molecule has 1 heterocycles. The van der Waals surface area contributed by atoms with Gasteiger partial charge in [-0.05, 0) is 75.1 Å². The van der Waals surface area contributed by atoms with Crippen LogP contribution in [0.25, 0.3) is 0 Å². The van der Waals surface area contributed by atoms with Gasteiger partial charge in [0.25, 0.3) is 0 Å². The zero-order valence-electron chi connectivity index (χ0n) is 21.2. The molecule has 7 nitrogen and oxygen atoms in total. The van der Waals surface area contributed by atoms with Crippen LogP contribution in [0.1, 0.15) is 70.8 Å². The second-order valence-corrected chi connectivity index (χ2v) is 10.9. The van der Waals surface area contributed by atoms with Crippen molar-refractivity contribution in [3.8, 4) is 5.75 Å². The third-order valence-corrected chi connectivity index (χ3v) is 8.47. The minimum Gasteiger partial charge on any atom is -0.469 e. The Morgan fingerprint density at radius 2 is 1.89 bits per heavy atom. The Morgan fingerprint density at radius 3 is 2.56 bits per heavy atom. The van der Waals surface area contributed by atoms with Gasteiger partial charge < -0.3 is 13.7 Å². The lowest BCUT2D eigenvalue weighted by atomic mass is 9.88. The summed E-state index contributed by atoms with van der Waals surface area (Å²) in [5, 5.41) is 0. The van der Waals surface area contributed by atoms with Crippen LogP contribution in [0, 0.1) is 19.8 Å². The molecule has 0 saturated heterocycles. The molecule has 1 fully saturated rings. The van der Waals surface area contributed by atoms with E-state index in [0.717, 1.165) is 41.5 Å². The highest BCUT2D eigenvalue weighted by Gasteiger charge is 2.35. The molecule has 2 aromatic carbocycles. The van der Waals surface area contributed by atoms with Crippen molar-refractivity contribution >= 4 is 22.1 Å². The first-order valence-electron chi connectivity index (χ1n) is 12.3. The van der Waals surface area contributed by atoms with E-state index in [4.69, 9.17) is 13.7 Å². The second-order valence-electron chi connectivity index (χ2n) is 9.40. The smallest absolute Gasteiger partial charge is 0.342 e. The van der Waals surface area contributed by atoms with Crippen molar-refractivity contribution in [2.75, 3.05) is 7.11 Å². The van der Waals surface area contributed by atoms with Gasteiger partial charge in [-0.3, -0.25) is 4.79 Å². The highest BCUT2D eigenvalue weighted by molar-refractivity contribution is 7.87. The maximum absolute atomic E-state index is 13.3. The van der Waals surface area contributed by atoms with Gasteiger partial charge in [-0.2, -0.15) is 8.42 Å². The van der Waals surface area contributed by atoms with Crippen LogP contribution in [0.4, 0.5) is 0 Å². The lowest BCUT2D eigenvalue weighted by molar-refractivity contribution is -0.141. The first-order chi connectivity index (χ1) is 17.2. The first kappa shape index (κ1) is 25.9. The lowest BCUT2D eigenvalue weighted by Gasteiger charge is -2.20. The Morgan fingerprint density at radius 1 is 1.17 bits per heavy atom. The van der Waals surface area contributed by atoms with Gasteiger partial charge in [-0.1, -0.05) is 36.3 Å². The van der Waals surface area contributed by atoms with Gasteiger partial charge in [0.2, 0.25) is 0 Å². The molecule has 0 spiro atoms.